The van der Waals surface area contributed by atoms with Crippen LogP contribution in [0.25, 0.3) is 0 Å². The average Bonchev–Trinajstić information content (AvgIpc) is 3.11. The Kier molecular flexibility index (Phi) is 3.46. The Morgan fingerprint density at radius 3 is 2.65 bits per heavy atom. The molecule has 2 heterocycles. The van der Waals surface area contributed by atoms with Crippen molar-refractivity contribution in [2.24, 2.45) is 0 Å². The average molecular weight is 362 g/mol. The van der Waals surface area contributed by atoms with Gasteiger partial charge < -0.3 is 16.0 Å². The van der Waals surface area contributed by atoms with E-state index < -0.39 is 0 Å². The van der Waals surface area contributed by atoms with Crippen molar-refractivity contribution in [3.8, 4) is 0 Å². The van der Waals surface area contributed by atoms with Gasteiger partial charge in [-0.3, -0.25) is 4.79 Å². The minimum absolute atomic E-state index is 0.0266. The molecule has 3 aromatic rings. The molecule has 1 unspecified atom stereocenters. The Morgan fingerprint density at radius 1 is 1.12 bits per heavy atom. The number of thiazole rings is 1. The van der Waals surface area contributed by atoms with Crippen molar-refractivity contribution in [3.63, 3.8) is 0 Å². The zero-order valence-electron chi connectivity index (χ0n) is 14.0. The minimum Gasteiger partial charge on any atom is -0.359 e. The normalized spacial score (nSPS) is 19.2. The predicted octanol–water partition coefficient (Wildman–Crippen LogP) is 4.35. The summed E-state index contributed by atoms with van der Waals surface area (Å²) in [6, 6.07) is 16.0. The molecule has 1 aromatic heterocycles. The Morgan fingerprint density at radius 2 is 1.92 bits per heavy atom. The van der Waals surface area contributed by atoms with Crippen molar-refractivity contribution in [1.82, 2.24) is 4.98 Å². The zero-order valence-corrected chi connectivity index (χ0v) is 14.8. The maximum Gasteiger partial charge on any atom is 0.235 e. The Labute approximate surface area is 155 Å². The standard InChI is InChI=1S/C20H18N4OS/c25-19(20(8-9-20)13-4-2-1-3-5-13)22-14-6-7-15-16(10-14)24-18(23-15)17-11-26-12-21-17/h1-7,10-12,18,23-24H,8-9H2,(H,22,25). The van der Waals surface area contributed by atoms with Crippen LogP contribution in [0.2, 0.25) is 0 Å². The number of carbonyl (C=O) groups is 1. The number of hydrogen-bond acceptors (Lipinski definition) is 5. The molecule has 2 aliphatic rings. The topological polar surface area (TPSA) is 66.0 Å². The second kappa shape index (κ2) is 5.85. The van der Waals surface area contributed by atoms with Gasteiger partial charge in [0.1, 0.15) is 6.17 Å². The van der Waals surface area contributed by atoms with Gasteiger partial charge in [-0.2, -0.15) is 0 Å². The molecule has 1 fully saturated rings. The minimum atomic E-state index is -0.366. The molecule has 0 radical (unpaired) electrons. The van der Waals surface area contributed by atoms with Crippen molar-refractivity contribution in [2.45, 2.75) is 24.4 Å². The van der Waals surface area contributed by atoms with E-state index >= 15 is 0 Å². The van der Waals surface area contributed by atoms with E-state index in [0.717, 1.165) is 41.2 Å². The highest BCUT2D eigenvalue weighted by Crippen LogP contribution is 2.49. The van der Waals surface area contributed by atoms with Crippen LogP contribution >= 0.6 is 11.3 Å². The number of carbonyl (C=O) groups excluding carboxylic acids is 1. The van der Waals surface area contributed by atoms with Crippen LogP contribution in [0.1, 0.15) is 30.3 Å². The van der Waals surface area contributed by atoms with E-state index in [1.807, 2.05) is 59.4 Å². The summed E-state index contributed by atoms with van der Waals surface area (Å²) in [5.41, 5.74) is 6.33. The quantitative estimate of drug-likeness (QED) is 0.645. The molecule has 1 saturated carbocycles. The molecule has 5 nitrogen and oxygen atoms in total. The van der Waals surface area contributed by atoms with Gasteiger partial charge in [0.25, 0.3) is 0 Å². The summed E-state index contributed by atoms with van der Waals surface area (Å²) >= 11 is 1.58. The highest BCUT2D eigenvalue weighted by molar-refractivity contribution is 7.07. The zero-order chi connectivity index (χ0) is 17.6. The van der Waals surface area contributed by atoms with Crippen molar-refractivity contribution >= 4 is 34.3 Å². The molecule has 130 valence electrons. The number of aromatic nitrogens is 1. The van der Waals surface area contributed by atoms with Crippen LogP contribution in [0.5, 0.6) is 0 Å². The van der Waals surface area contributed by atoms with E-state index in [9.17, 15) is 4.79 Å². The van der Waals surface area contributed by atoms with Crippen LogP contribution < -0.4 is 16.0 Å². The highest BCUT2D eigenvalue weighted by Gasteiger charge is 2.51. The van der Waals surface area contributed by atoms with Crippen LogP contribution in [-0.4, -0.2) is 10.9 Å². The molecule has 0 saturated heterocycles. The second-order valence-electron chi connectivity index (χ2n) is 6.80. The molecule has 6 heteroatoms. The molecule has 1 aliphatic carbocycles. The first-order chi connectivity index (χ1) is 12.7. The van der Waals surface area contributed by atoms with Crippen LogP contribution in [0, 0.1) is 0 Å². The molecule has 26 heavy (non-hydrogen) atoms. The number of nitrogens with one attached hydrogen (secondary N) is 3. The summed E-state index contributed by atoms with van der Waals surface area (Å²) in [7, 11) is 0. The maximum absolute atomic E-state index is 12.9. The number of fused-ring (bicyclic) bond motifs is 1. The first-order valence-electron chi connectivity index (χ1n) is 8.67. The number of anilines is 3. The molecule has 0 spiro atoms. The fraction of sp³-hybridized carbons (Fsp3) is 0.200. The molecule has 0 bridgehead atoms. The monoisotopic (exact) mass is 362 g/mol. The lowest BCUT2D eigenvalue weighted by molar-refractivity contribution is -0.118. The number of amides is 1. The third-order valence-corrected chi connectivity index (χ3v) is 5.74. The second-order valence-corrected chi connectivity index (χ2v) is 7.52. The van der Waals surface area contributed by atoms with Crippen molar-refractivity contribution in [2.75, 3.05) is 16.0 Å². The van der Waals surface area contributed by atoms with E-state index in [0.29, 0.717) is 0 Å². The van der Waals surface area contributed by atoms with E-state index in [1.54, 1.807) is 11.3 Å². The summed E-state index contributed by atoms with van der Waals surface area (Å²) in [5, 5.41) is 12.0. The smallest absolute Gasteiger partial charge is 0.235 e. The number of rotatable bonds is 4. The van der Waals surface area contributed by atoms with E-state index in [1.165, 1.54) is 0 Å². The van der Waals surface area contributed by atoms with Crippen LogP contribution in [0.4, 0.5) is 17.1 Å². The van der Waals surface area contributed by atoms with Gasteiger partial charge in [-0.05, 0) is 36.6 Å². The van der Waals surface area contributed by atoms with Gasteiger partial charge in [0.2, 0.25) is 5.91 Å². The van der Waals surface area contributed by atoms with Gasteiger partial charge in [-0.1, -0.05) is 30.3 Å². The highest BCUT2D eigenvalue weighted by atomic mass is 32.1. The van der Waals surface area contributed by atoms with Crippen molar-refractivity contribution in [1.29, 1.82) is 0 Å². The molecular weight excluding hydrogens is 344 g/mol. The Balaban J connectivity index is 1.34. The molecule has 1 aliphatic heterocycles. The summed E-state index contributed by atoms with van der Waals surface area (Å²) in [4.78, 5) is 17.2. The molecule has 1 atom stereocenters. The molecule has 2 aromatic carbocycles. The summed E-state index contributed by atoms with van der Waals surface area (Å²) in [6.07, 6.45) is 1.78. The number of hydrogen-bond donors (Lipinski definition) is 3. The number of benzene rings is 2. The van der Waals surface area contributed by atoms with Gasteiger partial charge >= 0.3 is 0 Å². The van der Waals surface area contributed by atoms with Gasteiger partial charge in [0, 0.05) is 11.1 Å². The van der Waals surface area contributed by atoms with E-state index in [2.05, 4.69) is 20.9 Å². The predicted molar refractivity (Wildman–Crippen MR) is 105 cm³/mol. The first-order valence-corrected chi connectivity index (χ1v) is 9.61. The van der Waals surface area contributed by atoms with E-state index in [-0.39, 0.29) is 17.5 Å². The van der Waals surface area contributed by atoms with E-state index in [4.69, 9.17) is 0 Å². The lowest BCUT2D eigenvalue weighted by atomic mass is 9.95. The van der Waals surface area contributed by atoms with Crippen LogP contribution in [0.3, 0.4) is 0 Å². The molecular formula is C20H18N4OS. The summed E-state index contributed by atoms with van der Waals surface area (Å²) < 4.78 is 0. The summed E-state index contributed by atoms with van der Waals surface area (Å²) in [5.74, 6) is 0.0747. The molecule has 3 N–H and O–H groups in total. The molecule has 5 rings (SSSR count). The fourth-order valence-electron chi connectivity index (χ4n) is 3.51. The number of nitrogens with zero attached hydrogens (tertiary/aromatic N) is 1. The maximum atomic E-state index is 12.9. The van der Waals surface area contributed by atoms with Crippen molar-refractivity contribution < 1.29 is 4.79 Å². The lowest BCUT2D eigenvalue weighted by Gasteiger charge is -2.16. The third kappa shape index (κ3) is 2.54. The fourth-order valence-corrected chi connectivity index (χ4v) is 4.09. The SMILES string of the molecule is O=C(Nc1ccc2c(c1)NC(c1cscn1)N2)C1(c2ccccc2)CC1. The molecule has 1 amide bonds. The Hall–Kier alpha value is -2.86. The van der Waals surface area contributed by atoms with Gasteiger partial charge in [0.05, 0.1) is 28.0 Å². The van der Waals surface area contributed by atoms with Crippen LogP contribution in [-0.2, 0) is 10.2 Å². The Bertz CT molecular complexity index is 951. The van der Waals surface area contributed by atoms with Gasteiger partial charge in [0.15, 0.2) is 0 Å². The lowest BCUT2D eigenvalue weighted by Crippen LogP contribution is -2.27. The van der Waals surface area contributed by atoms with Crippen LogP contribution in [0.15, 0.2) is 59.4 Å². The first kappa shape index (κ1) is 15.4. The third-order valence-electron chi connectivity index (χ3n) is 5.14. The largest absolute Gasteiger partial charge is 0.359 e. The van der Waals surface area contributed by atoms with Gasteiger partial charge in [-0.25, -0.2) is 4.98 Å². The summed E-state index contributed by atoms with van der Waals surface area (Å²) in [6.45, 7) is 0. The van der Waals surface area contributed by atoms with Crippen molar-refractivity contribution in [3.05, 3.63) is 70.7 Å². The van der Waals surface area contributed by atoms with Gasteiger partial charge in [-0.15, -0.1) is 11.3 Å².